The molecule has 3 aromatic rings. The van der Waals surface area contributed by atoms with Gasteiger partial charge in [-0.3, -0.25) is 4.79 Å². The van der Waals surface area contributed by atoms with Crippen molar-refractivity contribution in [3.63, 3.8) is 0 Å². The van der Waals surface area contributed by atoms with Crippen molar-refractivity contribution in [1.82, 2.24) is 0 Å². The maximum Gasteiger partial charge on any atom is 0.238 e. The Kier molecular flexibility index (Phi) is 5.91. The summed E-state index contributed by atoms with van der Waals surface area (Å²) in [5, 5.41) is 69.6. The van der Waals surface area contributed by atoms with Crippen LogP contribution in [0.25, 0.3) is 22.3 Å². The molecule has 2 aromatic carbocycles. The molecule has 0 unspecified atom stereocenters. The fourth-order valence-corrected chi connectivity index (χ4v) is 3.62. The van der Waals surface area contributed by atoms with Crippen LogP contribution in [0.3, 0.4) is 0 Å². The lowest BCUT2D eigenvalue weighted by atomic mass is 9.99. The molecule has 1 aromatic heterocycles. The van der Waals surface area contributed by atoms with Gasteiger partial charge in [-0.25, -0.2) is 0 Å². The summed E-state index contributed by atoms with van der Waals surface area (Å²) in [4.78, 5) is 12.8. The number of rotatable bonds is 4. The molecule has 5 atom stereocenters. The van der Waals surface area contributed by atoms with E-state index >= 15 is 0 Å². The van der Waals surface area contributed by atoms with Crippen molar-refractivity contribution in [1.29, 1.82) is 0 Å². The number of ether oxygens (including phenoxy) is 2. The highest BCUT2D eigenvalue weighted by molar-refractivity contribution is 5.89. The monoisotopic (exact) mass is 462 g/mol. The highest BCUT2D eigenvalue weighted by Gasteiger charge is 2.45. The molecular formula is C22H22O11. The zero-order chi connectivity index (χ0) is 24.0. The number of aliphatic hydroxyl groups is 4. The van der Waals surface area contributed by atoms with E-state index in [1.54, 1.807) is 0 Å². The summed E-state index contributed by atoms with van der Waals surface area (Å²) in [6, 6.07) is 6.73. The fourth-order valence-electron chi connectivity index (χ4n) is 3.62. The van der Waals surface area contributed by atoms with Gasteiger partial charge in [0.05, 0.1) is 6.61 Å². The maximum absolute atomic E-state index is 12.8. The van der Waals surface area contributed by atoms with E-state index in [2.05, 4.69) is 0 Å². The Morgan fingerprint density at radius 3 is 2.27 bits per heavy atom. The summed E-state index contributed by atoms with van der Waals surface area (Å²) in [5.41, 5.74) is -0.743. The largest absolute Gasteiger partial charge is 0.508 e. The highest BCUT2D eigenvalue weighted by Crippen LogP contribution is 2.39. The van der Waals surface area contributed by atoms with Gasteiger partial charge in [-0.2, -0.15) is 0 Å². The third-order valence-corrected chi connectivity index (χ3v) is 5.56. The summed E-state index contributed by atoms with van der Waals surface area (Å²) in [6.07, 6.45) is -7.69. The van der Waals surface area contributed by atoms with E-state index in [4.69, 9.17) is 13.9 Å². The topological polar surface area (TPSA) is 190 Å². The third kappa shape index (κ3) is 3.86. The zero-order valence-electron chi connectivity index (χ0n) is 17.2. The number of hydrogen-bond acceptors (Lipinski definition) is 11. The molecule has 4 rings (SSSR count). The third-order valence-electron chi connectivity index (χ3n) is 5.56. The minimum Gasteiger partial charge on any atom is -0.508 e. The van der Waals surface area contributed by atoms with Gasteiger partial charge in [-0.1, -0.05) is 0 Å². The van der Waals surface area contributed by atoms with Crippen molar-refractivity contribution in [2.75, 3.05) is 6.61 Å². The number of aromatic hydroxyl groups is 3. The van der Waals surface area contributed by atoms with E-state index in [1.165, 1.54) is 37.3 Å². The predicted molar refractivity (Wildman–Crippen MR) is 112 cm³/mol. The lowest BCUT2D eigenvalue weighted by Gasteiger charge is -2.39. The van der Waals surface area contributed by atoms with Gasteiger partial charge < -0.3 is 49.6 Å². The molecule has 0 amide bonds. The van der Waals surface area contributed by atoms with Crippen molar-refractivity contribution >= 4 is 11.0 Å². The van der Waals surface area contributed by atoms with Crippen LogP contribution >= 0.6 is 0 Å². The van der Waals surface area contributed by atoms with Crippen molar-refractivity contribution < 1.29 is 49.6 Å². The van der Waals surface area contributed by atoms with Crippen LogP contribution in [-0.2, 0) is 4.74 Å². The number of phenolic OH excluding ortho intramolecular Hbond substituents is 2. The molecule has 0 aliphatic carbocycles. The quantitative estimate of drug-likeness (QED) is 0.278. The second-order valence-electron chi connectivity index (χ2n) is 7.69. The first-order valence-electron chi connectivity index (χ1n) is 9.93. The van der Waals surface area contributed by atoms with Crippen LogP contribution in [0.4, 0.5) is 0 Å². The van der Waals surface area contributed by atoms with Gasteiger partial charge in [0.2, 0.25) is 17.5 Å². The van der Waals surface area contributed by atoms with E-state index in [-0.39, 0.29) is 39.4 Å². The van der Waals surface area contributed by atoms with Crippen LogP contribution < -0.4 is 10.2 Å². The molecule has 1 fully saturated rings. The van der Waals surface area contributed by atoms with Crippen LogP contribution in [0.2, 0.25) is 0 Å². The first-order valence-corrected chi connectivity index (χ1v) is 9.93. The zero-order valence-corrected chi connectivity index (χ0v) is 17.2. The average molecular weight is 462 g/mol. The van der Waals surface area contributed by atoms with Gasteiger partial charge >= 0.3 is 0 Å². The molecule has 33 heavy (non-hydrogen) atoms. The fraction of sp³-hybridized carbons (Fsp3) is 0.318. The SMILES string of the molecule is Cc1c(O[C@@H]2O[C@H](CO)[C@@H](O)[C@H](O)[C@H]2O)cc2oc(-c3ccc(O)cc3)c(O)c(=O)c2c1O. The molecule has 2 heterocycles. The summed E-state index contributed by atoms with van der Waals surface area (Å²) in [7, 11) is 0. The normalized spacial score (nSPS) is 25.3. The van der Waals surface area contributed by atoms with Crippen molar-refractivity contribution in [3.8, 4) is 34.3 Å². The molecule has 176 valence electrons. The Morgan fingerprint density at radius 2 is 1.64 bits per heavy atom. The molecule has 0 radical (unpaired) electrons. The minimum absolute atomic E-state index is 0.0372. The Morgan fingerprint density at radius 1 is 0.970 bits per heavy atom. The van der Waals surface area contributed by atoms with E-state index in [9.17, 15) is 40.5 Å². The molecule has 11 nitrogen and oxygen atoms in total. The van der Waals surface area contributed by atoms with Crippen LogP contribution in [0.1, 0.15) is 5.56 Å². The van der Waals surface area contributed by atoms with Gasteiger partial charge in [0.15, 0.2) is 5.76 Å². The number of fused-ring (bicyclic) bond motifs is 1. The Labute approximate surface area is 185 Å². The van der Waals surface area contributed by atoms with E-state index in [0.29, 0.717) is 0 Å². The molecule has 1 aliphatic heterocycles. The van der Waals surface area contributed by atoms with Crippen molar-refractivity contribution in [3.05, 3.63) is 46.1 Å². The van der Waals surface area contributed by atoms with Gasteiger partial charge in [0.1, 0.15) is 52.6 Å². The van der Waals surface area contributed by atoms with Crippen LogP contribution in [0.15, 0.2) is 39.5 Å². The first kappa shape index (κ1) is 22.8. The Hall–Kier alpha value is -3.35. The average Bonchev–Trinajstić information content (AvgIpc) is 2.80. The van der Waals surface area contributed by atoms with Gasteiger partial charge in [0.25, 0.3) is 0 Å². The highest BCUT2D eigenvalue weighted by atomic mass is 16.7. The van der Waals surface area contributed by atoms with Gasteiger partial charge in [-0.15, -0.1) is 0 Å². The maximum atomic E-state index is 12.8. The van der Waals surface area contributed by atoms with Crippen molar-refractivity contribution in [2.45, 2.75) is 37.6 Å². The van der Waals surface area contributed by atoms with Gasteiger partial charge in [0, 0.05) is 17.2 Å². The van der Waals surface area contributed by atoms with Crippen molar-refractivity contribution in [2.24, 2.45) is 0 Å². The molecule has 0 saturated carbocycles. The smallest absolute Gasteiger partial charge is 0.238 e. The van der Waals surface area contributed by atoms with E-state index in [1.807, 2.05) is 0 Å². The van der Waals surface area contributed by atoms with Crippen LogP contribution in [0, 0.1) is 6.92 Å². The predicted octanol–water partition coefficient (Wildman–Crippen LogP) is 0.0639. The Balaban J connectivity index is 1.80. The minimum atomic E-state index is -1.69. The lowest BCUT2D eigenvalue weighted by Crippen LogP contribution is -2.60. The molecule has 1 aliphatic rings. The number of aliphatic hydroxyl groups excluding tert-OH is 4. The number of benzene rings is 2. The lowest BCUT2D eigenvalue weighted by molar-refractivity contribution is -0.277. The number of hydrogen-bond donors (Lipinski definition) is 7. The molecule has 11 heteroatoms. The van der Waals surface area contributed by atoms with Crippen LogP contribution in [0.5, 0.6) is 23.0 Å². The second kappa shape index (κ2) is 8.54. The molecule has 7 N–H and O–H groups in total. The molecule has 0 spiro atoms. The number of phenols is 2. The standard InChI is InChI=1S/C22H22O11/c1-8-11(32-22-20(30)18(28)16(26)13(7-23)33-22)6-12-14(15(8)25)17(27)19(29)21(31-12)9-2-4-10(24)5-3-9/h2-6,13,16,18,20,22-26,28-30H,7H2,1H3/t13-,16-,18+,20-,22-/m1/s1. The summed E-state index contributed by atoms with van der Waals surface area (Å²) in [6.45, 7) is 0.745. The van der Waals surface area contributed by atoms with E-state index < -0.39 is 54.2 Å². The van der Waals surface area contributed by atoms with Crippen LogP contribution in [-0.4, -0.2) is 73.1 Å². The summed E-state index contributed by atoms with van der Waals surface area (Å²) < 4.78 is 16.6. The molecule has 0 bridgehead atoms. The van der Waals surface area contributed by atoms with Gasteiger partial charge in [-0.05, 0) is 31.2 Å². The van der Waals surface area contributed by atoms with E-state index in [0.717, 1.165) is 0 Å². The molecule has 1 saturated heterocycles. The summed E-state index contributed by atoms with van der Waals surface area (Å²) >= 11 is 0. The first-order chi connectivity index (χ1) is 15.6. The molecular weight excluding hydrogens is 440 g/mol. The Bertz CT molecular complexity index is 1230. The second-order valence-corrected chi connectivity index (χ2v) is 7.69. The summed E-state index contributed by atoms with van der Waals surface area (Å²) in [5.74, 6) is -1.63.